The fourth-order valence-electron chi connectivity index (χ4n) is 2.63. The van der Waals surface area contributed by atoms with Crippen LogP contribution in [0.4, 0.5) is 0 Å². The second kappa shape index (κ2) is 16.8. The SMILES string of the molecule is Clc1ccc(CON=C(Cn2cncn2)c2ccc(Cl)cc2Cl)c(Cl)c1.O=[N+]([O-])O.ON=CCc1c[nH]nn1. The summed E-state index contributed by atoms with van der Waals surface area (Å²) in [4.78, 5) is 17.8. The van der Waals surface area contributed by atoms with Gasteiger partial charge in [0, 0.05) is 45.0 Å². The first-order chi connectivity index (χ1) is 18.7. The van der Waals surface area contributed by atoms with Crippen molar-refractivity contribution in [2.45, 2.75) is 19.6 Å². The van der Waals surface area contributed by atoms with Gasteiger partial charge in [0.25, 0.3) is 5.09 Å². The summed E-state index contributed by atoms with van der Waals surface area (Å²) in [6.07, 6.45) is 6.51. The molecule has 14 nitrogen and oxygen atoms in total. The highest BCUT2D eigenvalue weighted by molar-refractivity contribution is 6.37. The van der Waals surface area contributed by atoms with Gasteiger partial charge >= 0.3 is 0 Å². The van der Waals surface area contributed by atoms with Crippen molar-refractivity contribution in [3.8, 4) is 0 Å². The molecule has 0 aliphatic heterocycles. The number of oxime groups is 2. The molecule has 4 aromatic rings. The van der Waals surface area contributed by atoms with Gasteiger partial charge in [0.2, 0.25) is 0 Å². The van der Waals surface area contributed by atoms with E-state index < -0.39 is 5.09 Å². The Labute approximate surface area is 240 Å². The van der Waals surface area contributed by atoms with Crippen LogP contribution in [-0.2, 0) is 24.4 Å². The molecule has 0 saturated carbocycles. The van der Waals surface area contributed by atoms with E-state index >= 15 is 0 Å². The Morgan fingerprint density at radius 2 is 1.85 bits per heavy atom. The van der Waals surface area contributed by atoms with Crippen LogP contribution < -0.4 is 0 Å². The lowest BCUT2D eigenvalue weighted by atomic mass is 10.1. The second-order valence-corrected chi connectivity index (χ2v) is 8.66. The molecule has 0 amide bonds. The van der Waals surface area contributed by atoms with Crippen LogP contribution in [0.2, 0.25) is 20.1 Å². The molecule has 0 fully saturated rings. The van der Waals surface area contributed by atoms with Crippen LogP contribution in [0.15, 0.2) is 65.6 Å². The summed E-state index contributed by atoms with van der Waals surface area (Å²) in [5.41, 5.74) is 2.78. The van der Waals surface area contributed by atoms with E-state index in [1.807, 2.05) is 0 Å². The van der Waals surface area contributed by atoms with Crippen molar-refractivity contribution in [3.05, 3.63) is 102 Å². The first-order valence-corrected chi connectivity index (χ1v) is 12.0. The highest BCUT2D eigenvalue weighted by Gasteiger charge is 2.12. The molecule has 2 aromatic carbocycles. The van der Waals surface area contributed by atoms with Crippen molar-refractivity contribution < 1.29 is 20.3 Å². The van der Waals surface area contributed by atoms with Gasteiger partial charge in [-0.25, -0.2) is 9.67 Å². The summed E-state index contributed by atoms with van der Waals surface area (Å²) in [5.74, 6) is 0. The van der Waals surface area contributed by atoms with Crippen LogP contribution >= 0.6 is 46.4 Å². The fraction of sp³-hybridized carbons (Fsp3) is 0.143. The van der Waals surface area contributed by atoms with Gasteiger partial charge in [0.15, 0.2) is 0 Å². The van der Waals surface area contributed by atoms with E-state index in [4.69, 9.17) is 71.8 Å². The Balaban J connectivity index is 0.000000339. The summed E-state index contributed by atoms with van der Waals surface area (Å²) in [7, 11) is 0. The number of hydrogen-bond acceptors (Lipinski definition) is 10. The molecule has 3 N–H and O–H groups in total. The Morgan fingerprint density at radius 3 is 2.41 bits per heavy atom. The van der Waals surface area contributed by atoms with Crippen molar-refractivity contribution in [2.24, 2.45) is 10.3 Å². The number of halogens is 4. The predicted octanol–water partition coefficient (Wildman–Crippen LogP) is 4.97. The summed E-state index contributed by atoms with van der Waals surface area (Å²) < 4.78 is 1.61. The Hall–Kier alpha value is -3.98. The lowest BCUT2D eigenvalue weighted by Gasteiger charge is -2.10. The molecule has 0 unspecified atom stereocenters. The van der Waals surface area contributed by atoms with Crippen molar-refractivity contribution in [2.75, 3.05) is 0 Å². The Kier molecular flexibility index (Phi) is 13.4. The molecule has 0 saturated heterocycles. The molecule has 4 rings (SSSR count). The lowest BCUT2D eigenvalue weighted by molar-refractivity contribution is -0.742. The summed E-state index contributed by atoms with van der Waals surface area (Å²) >= 11 is 24.3. The summed E-state index contributed by atoms with van der Waals surface area (Å²) in [6, 6.07) is 10.3. The average molecular weight is 619 g/mol. The normalized spacial score (nSPS) is 10.8. The maximum absolute atomic E-state index is 8.36. The molecule has 2 heterocycles. The van der Waals surface area contributed by atoms with Crippen LogP contribution in [0.5, 0.6) is 0 Å². The zero-order chi connectivity index (χ0) is 28.6. The molecule has 0 spiro atoms. The maximum atomic E-state index is 8.36. The van der Waals surface area contributed by atoms with E-state index in [9.17, 15) is 0 Å². The van der Waals surface area contributed by atoms with Crippen LogP contribution in [0.3, 0.4) is 0 Å². The highest BCUT2D eigenvalue weighted by atomic mass is 35.5. The largest absolute Gasteiger partial charge is 0.411 e. The lowest BCUT2D eigenvalue weighted by Crippen LogP contribution is -2.13. The van der Waals surface area contributed by atoms with Gasteiger partial charge in [-0.15, -0.1) is 20.4 Å². The average Bonchev–Trinajstić information content (AvgIpc) is 3.58. The Morgan fingerprint density at radius 1 is 1.15 bits per heavy atom. The zero-order valence-electron chi connectivity index (χ0n) is 19.6. The van der Waals surface area contributed by atoms with E-state index in [-0.39, 0.29) is 6.61 Å². The maximum Gasteiger partial charge on any atom is 0.291 e. The second-order valence-electron chi connectivity index (χ2n) is 6.97. The third-order valence-corrected chi connectivity index (χ3v) is 5.41. The molecule has 39 heavy (non-hydrogen) atoms. The molecule has 0 bridgehead atoms. The molecule has 2 aromatic heterocycles. The summed E-state index contributed by atoms with van der Waals surface area (Å²) in [6.45, 7) is 0.512. The van der Waals surface area contributed by atoms with Gasteiger partial charge in [0.1, 0.15) is 25.0 Å². The number of nitrogens with zero attached hydrogens (tertiary/aromatic N) is 8. The van der Waals surface area contributed by atoms with Gasteiger partial charge < -0.3 is 15.3 Å². The van der Waals surface area contributed by atoms with Crippen LogP contribution in [0.1, 0.15) is 16.8 Å². The summed E-state index contributed by atoms with van der Waals surface area (Å²) in [5, 5.41) is 44.4. The number of aromatic amines is 1. The highest BCUT2D eigenvalue weighted by Crippen LogP contribution is 2.24. The third-order valence-electron chi connectivity index (χ3n) is 4.28. The monoisotopic (exact) mass is 617 g/mol. The van der Waals surface area contributed by atoms with Gasteiger partial charge in [0.05, 0.1) is 17.3 Å². The fourth-order valence-corrected chi connectivity index (χ4v) is 3.61. The number of rotatable bonds is 8. The molecule has 0 atom stereocenters. The minimum Gasteiger partial charge on any atom is -0.411 e. The Bertz CT molecular complexity index is 1370. The molecule has 206 valence electrons. The molecule has 0 aliphatic rings. The topological polar surface area (TPSA) is 190 Å². The van der Waals surface area contributed by atoms with Crippen molar-refractivity contribution >= 4 is 58.3 Å². The standard InChI is InChI=1S/C17H12Cl4N4O.C4H6N4O.HNO3/c18-12-2-1-11(15(20)5-12)8-26-24-17(7-25-10-22-9-23-25)14-4-3-13(19)6-16(14)21;9-6-2-1-4-3-5-8-7-4;2-1(3)4/h1-6,9-10H,7-8H2;2-3,9H,1H2,(H,5,7,8);(H,2,3,4). The molecule has 18 heteroatoms. The molecular formula is C21H19Cl4N9O5. The number of nitrogens with one attached hydrogen (secondary N) is 1. The number of H-pyrrole nitrogens is 1. The minimum absolute atomic E-state index is 0.183. The van der Waals surface area contributed by atoms with Crippen molar-refractivity contribution in [1.82, 2.24) is 30.2 Å². The smallest absolute Gasteiger partial charge is 0.291 e. The minimum atomic E-state index is -1.50. The van der Waals surface area contributed by atoms with Crippen LogP contribution in [0, 0.1) is 10.1 Å². The van der Waals surface area contributed by atoms with E-state index in [0.717, 1.165) is 11.3 Å². The third kappa shape index (κ3) is 12.0. The molecule has 0 aliphatic carbocycles. The van der Waals surface area contributed by atoms with Gasteiger partial charge in [-0.3, -0.25) is 5.10 Å². The van der Waals surface area contributed by atoms with Crippen LogP contribution in [-0.4, -0.2) is 57.6 Å². The van der Waals surface area contributed by atoms with Gasteiger partial charge in [-0.2, -0.15) is 5.10 Å². The van der Waals surface area contributed by atoms with E-state index in [1.54, 1.807) is 53.6 Å². The number of aromatic nitrogens is 6. The number of benzene rings is 2. The first kappa shape index (κ1) is 31.2. The number of hydrogen-bond donors (Lipinski definition) is 3. The molecular weight excluding hydrogens is 600 g/mol. The van der Waals surface area contributed by atoms with Gasteiger partial charge in [-0.05, 0) is 30.3 Å². The first-order valence-electron chi connectivity index (χ1n) is 10.4. The van der Waals surface area contributed by atoms with Crippen LogP contribution in [0.25, 0.3) is 0 Å². The molecule has 0 radical (unpaired) electrons. The van der Waals surface area contributed by atoms with E-state index in [0.29, 0.717) is 44.3 Å². The predicted molar refractivity (Wildman–Crippen MR) is 143 cm³/mol. The van der Waals surface area contributed by atoms with Gasteiger partial charge in [-0.1, -0.05) is 62.8 Å². The zero-order valence-corrected chi connectivity index (χ0v) is 22.6. The quantitative estimate of drug-likeness (QED) is 0.106. The van der Waals surface area contributed by atoms with Crippen molar-refractivity contribution in [3.63, 3.8) is 0 Å². The van der Waals surface area contributed by atoms with E-state index in [2.05, 4.69) is 35.8 Å². The van der Waals surface area contributed by atoms with E-state index in [1.165, 1.54) is 12.5 Å². The van der Waals surface area contributed by atoms with Crippen molar-refractivity contribution in [1.29, 1.82) is 0 Å².